The normalized spacial score (nSPS) is 18.0. The maximum atomic E-state index is 5.36. The van der Waals surface area contributed by atoms with Crippen LogP contribution < -0.4 is 0 Å². The molecular formula is C12H12O. The van der Waals surface area contributed by atoms with Gasteiger partial charge in [0.05, 0.1) is 6.61 Å². The molecule has 1 heteroatoms. The van der Waals surface area contributed by atoms with Crippen LogP contribution in [0.3, 0.4) is 0 Å². The first-order valence-electron chi connectivity index (χ1n) is 4.44. The molecule has 0 saturated heterocycles. The Morgan fingerprint density at radius 2 is 2.00 bits per heavy atom. The monoisotopic (exact) mass is 172 g/mol. The molecule has 0 N–H and O–H groups in total. The Morgan fingerprint density at radius 3 is 2.92 bits per heavy atom. The van der Waals surface area contributed by atoms with Crippen molar-refractivity contribution in [2.45, 2.75) is 6.42 Å². The third-order valence-corrected chi connectivity index (χ3v) is 2.16. The van der Waals surface area contributed by atoms with Crippen LogP contribution in [0.25, 0.3) is 6.08 Å². The molecule has 66 valence electrons. The van der Waals surface area contributed by atoms with Gasteiger partial charge in [0, 0.05) is 6.42 Å². The lowest BCUT2D eigenvalue weighted by molar-refractivity contribution is 0.229. The summed E-state index contributed by atoms with van der Waals surface area (Å²) in [4.78, 5) is 0. The average Bonchev–Trinajstić information content (AvgIpc) is 2.13. The van der Waals surface area contributed by atoms with Gasteiger partial charge in [-0.3, -0.25) is 0 Å². The molecule has 1 aromatic carbocycles. The molecule has 1 nitrogen and oxygen atoms in total. The predicted molar refractivity (Wildman–Crippen MR) is 54.3 cm³/mol. The first-order valence-corrected chi connectivity index (χ1v) is 4.44. The Morgan fingerprint density at radius 1 is 1.15 bits per heavy atom. The van der Waals surface area contributed by atoms with Crippen molar-refractivity contribution < 1.29 is 4.74 Å². The van der Waals surface area contributed by atoms with Gasteiger partial charge >= 0.3 is 0 Å². The molecule has 0 bridgehead atoms. The summed E-state index contributed by atoms with van der Waals surface area (Å²) in [5.41, 5.74) is 2.61. The minimum Gasteiger partial charge on any atom is -0.494 e. The molecule has 0 saturated carbocycles. The van der Waals surface area contributed by atoms with E-state index in [4.69, 9.17) is 4.74 Å². The van der Waals surface area contributed by atoms with E-state index in [1.54, 1.807) is 0 Å². The fourth-order valence-corrected chi connectivity index (χ4v) is 1.45. The molecule has 2 rings (SSSR count). The van der Waals surface area contributed by atoms with E-state index in [0.29, 0.717) is 0 Å². The molecule has 1 aliphatic heterocycles. The Kier molecular flexibility index (Phi) is 2.17. The van der Waals surface area contributed by atoms with Gasteiger partial charge < -0.3 is 4.74 Å². The first kappa shape index (κ1) is 8.11. The Balaban J connectivity index is 2.39. The van der Waals surface area contributed by atoms with Crippen molar-refractivity contribution in [3.63, 3.8) is 0 Å². The van der Waals surface area contributed by atoms with Crippen molar-refractivity contribution in [3.05, 3.63) is 53.8 Å². The summed E-state index contributed by atoms with van der Waals surface area (Å²) >= 11 is 0. The molecular weight excluding hydrogens is 160 g/mol. The number of hydrogen-bond donors (Lipinski definition) is 0. The number of ether oxygens (including phenoxy) is 1. The minimum absolute atomic E-state index is 0.722. The highest BCUT2D eigenvalue weighted by atomic mass is 16.5. The van der Waals surface area contributed by atoms with Gasteiger partial charge in [0.15, 0.2) is 0 Å². The summed E-state index contributed by atoms with van der Waals surface area (Å²) < 4.78 is 5.36. The van der Waals surface area contributed by atoms with Gasteiger partial charge in [0.2, 0.25) is 0 Å². The maximum absolute atomic E-state index is 5.36. The molecule has 1 heterocycles. The van der Waals surface area contributed by atoms with Gasteiger partial charge in [-0.2, -0.15) is 0 Å². The smallest absolute Gasteiger partial charge is 0.112 e. The van der Waals surface area contributed by atoms with Crippen LogP contribution in [-0.4, -0.2) is 6.61 Å². The highest BCUT2D eigenvalue weighted by molar-refractivity contribution is 5.56. The zero-order valence-corrected chi connectivity index (χ0v) is 7.49. The van der Waals surface area contributed by atoms with Crippen LogP contribution >= 0.6 is 0 Å². The van der Waals surface area contributed by atoms with Gasteiger partial charge in [0.25, 0.3) is 0 Å². The molecule has 1 aliphatic rings. The van der Waals surface area contributed by atoms with Gasteiger partial charge in [0.1, 0.15) is 5.76 Å². The second-order valence-electron chi connectivity index (χ2n) is 3.10. The second-order valence-corrected chi connectivity index (χ2v) is 3.10. The highest BCUT2D eigenvalue weighted by Gasteiger charge is 2.02. The average molecular weight is 172 g/mol. The summed E-state index contributed by atoms with van der Waals surface area (Å²) in [6, 6.07) is 8.36. The fraction of sp³-hybridized carbons (Fsp3) is 0.167. The van der Waals surface area contributed by atoms with E-state index >= 15 is 0 Å². The van der Waals surface area contributed by atoms with Gasteiger partial charge in [-0.05, 0) is 17.2 Å². The van der Waals surface area contributed by atoms with Crippen LogP contribution in [0.15, 0.2) is 42.7 Å². The summed E-state index contributed by atoms with van der Waals surface area (Å²) in [7, 11) is 0. The van der Waals surface area contributed by atoms with E-state index in [2.05, 4.69) is 30.9 Å². The van der Waals surface area contributed by atoms with E-state index in [0.717, 1.165) is 18.8 Å². The van der Waals surface area contributed by atoms with Crippen molar-refractivity contribution in [1.82, 2.24) is 0 Å². The van der Waals surface area contributed by atoms with Crippen molar-refractivity contribution in [2.75, 3.05) is 6.61 Å². The Hall–Kier alpha value is -1.50. The molecule has 0 aliphatic carbocycles. The summed E-state index contributed by atoms with van der Waals surface area (Å²) in [6.07, 6.45) is 4.92. The maximum Gasteiger partial charge on any atom is 0.112 e. The molecule has 0 unspecified atom stereocenters. The molecule has 0 atom stereocenters. The lowest BCUT2D eigenvalue weighted by atomic mass is 10.0. The van der Waals surface area contributed by atoms with Gasteiger partial charge in [-0.1, -0.05) is 36.9 Å². The topological polar surface area (TPSA) is 9.23 Å². The second kappa shape index (κ2) is 3.48. The lowest BCUT2D eigenvalue weighted by Gasteiger charge is -2.11. The largest absolute Gasteiger partial charge is 0.494 e. The minimum atomic E-state index is 0.722. The van der Waals surface area contributed by atoms with Crippen molar-refractivity contribution >= 4 is 6.08 Å². The van der Waals surface area contributed by atoms with Crippen LogP contribution in [0.4, 0.5) is 0 Å². The van der Waals surface area contributed by atoms with Crippen LogP contribution in [0.5, 0.6) is 0 Å². The van der Waals surface area contributed by atoms with E-state index in [9.17, 15) is 0 Å². The predicted octanol–water partition coefficient (Wildman–Crippen LogP) is 2.79. The van der Waals surface area contributed by atoms with Crippen molar-refractivity contribution in [2.24, 2.45) is 0 Å². The number of hydrogen-bond acceptors (Lipinski definition) is 1. The molecule has 0 aromatic heterocycles. The third-order valence-electron chi connectivity index (χ3n) is 2.16. The zero-order valence-electron chi connectivity index (χ0n) is 7.49. The number of benzene rings is 1. The van der Waals surface area contributed by atoms with Crippen molar-refractivity contribution in [3.8, 4) is 0 Å². The zero-order chi connectivity index (χ0) is 9.10. The number of rotatable bonds is 0. The number of allylic oxidation sites excluding steroid dienone is 1. The fourth-order valence-electron chi connectivity index (χ4n) is 1.45. The SMILES string of the molecule is C=C1/C=C\c2ccccc2CCO1. The van der Waals surface area contributed by atoms with Crippen LogP contribution in [0.1, 0.15) is 11.1 Å². The lowest BCUT2D eigenvalue weighted by Crippen LogP contribution is -2.01. The number of fused-ring (bicyclic) bond motifs is 1. The molecule has 0 spiro atoms. The molecule has 1 aromatic rings. The summed E-state index contributed by atoms with van der Waals surface area (Å²) in [5.74, 6) is 0.745. The van der Waals surface area contributed by atoms with E-state index in [1.807, 2.05) is 12.1 Å². The first-order chi connectivity index (χ1) is 6.36. The van der Waals surface area contributed by atoms with E-state index in [-0.39, 0.29) is 0 Å². The summed E-state index contributed by atoms with van der Waals surface area (Å²) in [6.45, 7) is 4.50. The third kappa shape index (κ3) is 1.81. The molecule has 13 heavy (non-hydrogen) atoms. The highest BCUT2D eigenvalue weighted by Crippen LogP contribution is 2.15. The Bertz CT molecular complexity index is 350. The van der Waals surface area contributed by atoms with Gasteiger partial charge in [-0.15, -0.1) is 0 Å². The molecule has 0 amide bonds. The quantitative estimate of drug-likeness (QED) is 0.584. The van der Waals surface area contributed by atoms with Crippen LogP contribution in [0, 0.1) is 0 Å². The van der Waals surface area contributed by atoms with E-state index < -0.39 is 0 Å². The van der Waals surface area contributed by atoms with Gasteiger partial charge in [-0.25, -0.2) is 0 Å². The van der Waals surface area contributed by atoms with Crippen LogP contribution in [0.2, 0.25) is 0 Å². The van der Waals surface area contributed by atoms with Crippen LogP contribution in [-0.2, 0) is 11.2 Å². The Labute approximate surface area is 78.3 Å². The standard InChI is InChI=1S/C12H12O/c1-10-6-7-11-4-2-3-5-12(11)8-9-13-10/h2-7H,1,8-9H2/b7-6-. The molecule has 0 fully saturated rings. The van der Waals surface area contributed by atoms with E-state index in [1.165, 1.54) is 11.1 Å². The van der Waals surface area contributed by atoms with Crippen molar-refractivity contribution in [1.29, 1.82) is 0 Å². The molecule has 0 radical (unpaired) electrons. The summed E-state index contributed by atoms with van der Waals surface area (Å²) in [5, 5.41) is 0.